The Balaban J connectivity index is 4.00. The molecule has 0 unspecified atom stereocenters. The molecule has 0 aliphatic rings. The molecule has 2 atom stereocenters. The van der Waals surface area contributed by atoms with Crippen molar-refractivity contribution in [1.29, 1.82) is 0 Å². The highest BCUT2D eigenvalue weighted by Crippen LogP contribution is 2.05. The summed E-state index contributed by atoms with van der Waals surface area (Å²) in [5, 5.41) is 9.37. The molecule has 0 aromatic rings. The van der Waals surface area contributed by atoms with Crippen molar-refractivity contribution in [3.05, 3.63) is 0 Å². The summed E-state index contributed by atoms with van der Waals surface area (Å²) in [6, 6.07) is -0.926. The fourth-order valence-corrected chi connectivity index (χ4v) is 0.793. The Hall–Kier alpha value is -0.610. The first-order chi connectivity index (χ1) is 5.50. The van der Waals surface area contributed by atoms with E-state index in [1.54, 1.807) is 20.8 Å². The number of hydrogen-bond donors (Lipinski definition) is 2. The summed E-state index contributed by atoms with van der Waals surface area (Å²) in [6.45, 7) is 5.58. The largest absolute Gasteiger partial charge is 0.465 e. The Labute approximate surface area is 72.7 Å². The number of aliphatic hydroxyl groups excluding tert-OH is 1. The van der Waals surface area contributed by atoms with E-state index >= 15 is 0 Å². The number of rotatable bonds is 4. The van der Waals surface area contributed by atoms with E-state index in [2.05, 4.69) is 4.74 Å². The van der Waals surface area contributed by atoms with Crippen LogP contribution in [0.3, 0.4) is 0 Å². The Morgan fingerprint density at radius 2 is 2.08 bits per heavy atom. The standard InChI is InChI=1S/C8H17NO3/c1-4-12-8(11)6(9)7(10)5(2)3/h5-7,10H,4,9H2,1-3H3/t6-,7-/m1/s1. The van der Waals surface area contributed by atoms with Crippen LogP contribution in [-0.4, -0.2) is 29.8 Å². The number of ether oxygens (including phenoxy) is 1. The van der Waals surface area contributed by atoms with Gasteiger partial charge in [0.15, 0.2) is 0 Å². The zero-order chi connectivity index (χ0) is 9.72. The fourth-order valence-electron chi connectivity index (χ4n) is 0.793. The van der Waals surface area contributed by atoms with E-state index in [-0.39, 0.29) is 12.5 Å². The van der Waals surface area contributed by atoms with Crippen molar-refractivity contribution < 1.29 is 14.6 Å². The van der Waals surface area contributed by atoms with Gasteiger partial charge in [0.1, 0.15) is 6.04 Å². The maximum atomic E-state index is 11.0. The van der Waals surface area contributed by atoms with E-state index in [1.165, 1.54) is 0 Å². The lowest BCUT2D eigenvalue weighted by Gasteiger charge is -2.19. The SMILES string of the molecule is CCOC(=O)[C@H](N)[C@H](O)C(C)C. The molecule has 0 bridgehead atoms. The second-order valence-electron chi connectivity index (χ2n) is 3.01. The van der Waals surface area contributed by atoms with Crippen molar-refractivity contribution in [3.63, 3.8) is 0 Å². The Morgan fingerprint density at radius 3 is 2.42 bits per heavy atom. The number of aliphatic hydroxyl groups is 1. The second kappa shape index (κ2) is 5.11. The molecule has 0 aromatic carbocycles. The van der Waals surface area contributed by atoms with Gasteiger partial charge in [-0.15, -0.1) is 0 Å². The molecule has 0 saturated carbocycles. The molecule has 0 heterocycles. The molecule has 4 heteroatoms. The van der Waals surface area contributed by atoms with Crippen molar-refractivity contribution in [2.45, 2.75) is 32.9 Å². The highest BCUT2D eigenvalue weighted by Gasteiger charge is 2.25. The summed E-state index contributed by atoms with van der Waals surface area (Å²) in [7, 11) is 0. The monoisotopic (exact) mass is 175 g/mol. The highest BCUT2D eigenvalue weighted by atomic mass is 16.5. The van der Waals surface area contributed by atoms with Crippen molar-refractivity contribution >= 4 is 5.97 Å². The van der Waals surface area contributed by atoms with Crippen LogP contribution in [-0.2, 0) is 9.53 Å². The Kier molecular flexibility index (Phi) is 4.85. The lowest BCUT2D eigenvalue weighted by atomic mass is 10.0. The summed E-state index contributed by atoms with van der Waals surface area (Å²) in [6.07, 6.45) is -0.830. The molecule has 4 nitrogen and oxygen atoms in total. The first kappa shape index (κ1) is 11.4. The lowest BCUT2D eigenvalue weighted by molar-refractivity contribution is -0.148. The van der Waals surface area contributed by atoms with Gasteiger partial charge >= 0.3 is 5.97 Å². The minimum Gasteiger partial charge on any atom is -0.465 e. The first-order valence-electron chi connectivity index (χ1n) is 4.11. The molecule has 0 saturated heterocycles. The van der Waals surface area contributed by atoms with Crippen molar-refractivity contribution in [1.82, 2.24) is 0 Å². The van der Waals surface area contributed by atoms with Crippen molar-refractivity contribution in [3.8, 4) is 0 Å². The summed E-state index contributed by atoms with van der Waals surface area (Å²) in [5.41, 5.74) is 5.42. The molecule has 0 rings (SSSR count). The average Bonchev–Trinajstić information content (AvgIpc) is 2.02. The molecule has 3 N–H and O–H groups in total. The van der Waals surface area contributed by atoms with E-state index in [1.807, 2.05) is 0 Å². The van der Waals surface area contributed by atoms with E-state index < -0.39 is 18.1 Å². The molecule has 72 valence electrons. The molecule has 0 fully saturated rings. The zero-order valence-electron chi connectivity index (χ0n) is 7.78. The maximum absolute atomic E-state index is 11.0. The fraction of sp³-hybridized carbons (Fsp3) is 0.875. The second-order valence-corrected chi connectivity index (χ2v) is 3.01. The van der Waals surface area contributed by atoms with Crippen LogP contribution >= 0.6 is 0 Å². The van der Waals surface area contributed by atoms with Crippen LogP contribution in [0.25, 0.3) is 0 Å². The van der Waals surface area contributed by atoms with Gasteiger partial charge in [0, 0.05) is 0 Å². The molecule has 0 radical (unpaired) electrons. The average molecular weight is 175 g/mol. The molecule has 0 spiro atoms. The zero-order valence-corrected chi connectivity index (χ0v) is 7.78. The van der Waals surface area contributed by atoms with Gasteiger partial charge < -0.3 is 15.6 Å². The van der Waals surface area contributed by atoms with Crippen LogP contribution in [0.1, 0.15) is 20.8 Å². The van der Waals surface area contributed by atoms with Crippen molar-refractivity contribution in [2.24, 2.45) is 11.7 Å². The van der Waals surface area contributed by atoms with Gasteiger partial charge in [-0.1, -0.05) is 13.8 Å². The minimum atomic E-state index is -0.926. The molecule has 0 aliphatic heterocycles. The van der Waals surface area contributed by atoms with E-state index in [9.17, 15) is 9.90 Å². The van der Waals surface area contributed by atoms with Crippen LogP contribution in [0.4, 0.5) is 0 Å². The summed E-state index contributed by atoms with van der Waals surface area (Å²) < 4.78 is 4.65. The van der Waals surface area contributed by atoms with Gasteiger partial charge in [-0.25, -0.2) is 0 Å². The van der Waals surface area contributed by atoms with Crippen LogP contribution in [0.5, 0.6) is 0 Å². The Bertz CT molecular complexity index is 147. The summed E-state index contributed by atoms with van der Waals surface area (Å²) >= 11 is 0. The van der Waals surface area contributed by atoms with E-state index in [0.717, 1.165) is 0 Å². The highest BCUT2D eigenvalue weighted by molar-refractivity contribution is 5.76. The van der Waals surface area contributed by atoms with Gasteiger partial charge in [-0.3, -0.25) is 4.79 Å². The quantitative estimate of drug-likeness (QED) is 0.585. The van der Waals surface area contributed by atoms with Gasteiger partial charge in [-0.05, 0) is 12.8 Å². The van der Waals surface area contributed by atoms with Gasteiger partial charge in [0.2, 0.25) is 0 Å². The number of carbonyl (C=O) groups excluding carboxylic acids is 1. The molecular formula is C8H17NO3. The third-order valence-electron chi connectivity index (χ3n) is 1.61. The van der Waals surface area contributed by atoms with Crippen LogP contribution in [0.2, 0.25) is 0 Å². The number of carbonyl (C=O) groups is 1. The van der Waals surface area contributed by atoms with Crippen molar-refractivity contribution in [2.75, 3.05) is 6.61 Å². The molecule has 0 aliphatic carbocycles. The lowest BCUT2D eigenvalue weighted by Crippen LogP contribution is -2.45. The van der Waals surface area contributed by atoms with Crippen LogP contribution in [0, 0.1) is 5.92 Å². The molecule has 0 aromatic heterocycles. The number of nitrogens with two attached hydrogens (primary N) is 1. The predicted molar refractivity (Wildman–Crippen MR) is 45.5 cm³/mol. The number of hydrogen-bond acceptors (Lipinski definition) is 4. The predicted octanol–water partition coefficient (Wildman–Crippen LogP) is -0.106. The third-order valence-corrected chi connectivity index (χ3v) is 1.61. The summed E-state index contributed by atoms with van der Waals surface area (Å²) in [4.78, 5) is 11.0. The first-order valence-corrected chi connectivity index (χ1v) is 4.11. The third kappa shape index (κ3) is 3.19. The van der Waals surface area contributed by atoms with Crippen LogP contribution < -0.4 is 5.73 Å². The smallest absolute Gasteiger partial charge is 0.325 e. The molecule has 0 amide bonds. The normalized spacial score (nSPS) is 15.8. The Morgan fingerprint density at radius 1 is 1.58 bits per heavy atom. The van der Waals surface area contributed by atoms with E-state index in [4.69, 9.17) is 5.73 Å². The van der Waals surface area contributed by atoms with E-state index in [0.29, 0.717) is 0 Å². The number of esters is 1. The summed E-state index contributed by atoms with van der Waals surface area (Å²) in [5.74, 6) is -0.580. The molecular weight excluding hydrogens is 158 g/mol. The minimum absolute atomic E-state index is 0.0376. The molecule has 12 heavy (non-hydrogen) atoms. The topological polar surface area (TPSA) is 72.5 Å². The van der Waals surface area contributed by atoms with Gasteiger partial charge in [0.25, 0.3) is 0 Å². The van der Waals surface area contributed by atoms with Gasteiger partial charge in [0.05, 0.1) is 12.7 Å². The van der Waals surface area contributed by atoms with Crippen LogP contribution in [0.15, 0.2) is 0 Å². The van der Waals surface area contributed by atoms with Gasteiger partial charge in [-0.2, -0.15) is 0 Å². The maximum Gasteiger partial charge on any atom is 0.325 e.